The van der Waals surface area contributed by atoms with Crippen molar-refractivity contribution in [3.05, 3.63) is 65.7 Å². The molecule has 0 fully saturated rings. The second-order valence-corrected chi connectivity index (χ2v) is 7.63. The minimum Gasteiger partial charge on any atom is -0.508 e. The minimum absolute atomic E-state index is 0.0116. The van der Waals surface area contributed by atoms with E-state index in [1.54, 1.807) is 36.4 Å². The Morgan fingerprint density at radius 1 is 0.853 bits per heavy atom. The average Bonchev–Trinajstić information content (AvgIpc) is 2.82. The lowest BCUT2D eigenvalue weighted by atomic mass is 10.0. The molecule has 4 amide bonds. The van der Waals surface area contributed by atoms with Gasteiger partial charge in [-0.15, -0.1) is 0 Å². The molecule has 10 heteroatoms. The molecule has 0 aliphatic heterocycles. The lowest BCUT2D eigenvalue weighted by Gasteiger charge is -2.19. The van der Waals surface area contributed by atoms with Crippen molar-refractivity contribution in [1.82, 2.24) is 16.0 Å². The van der Waals surface area contributed by atoms with Gasteiger partial charge in [0.2, 0.25) is 23.6 Å². The van der Waals surface area contributed by atoms with Gasteiger partial charge >= 0.3 is 0 Å². The van der Waals surface area contributed by atoms with Crippen LogP contribution >= 0.6 is 0 Å². The number of carbonyl (C=O) groups excluding carboxylic acids is 5. The Labute approximate surface area is 196 Å². The molecule has 0 bridgehead atoms. The summed E-state index contributed by atoms with van der Waals surface area (Å²) in [5.74, 6) is -2.40. The first kappa shape index (κ1) is 26.0. The number of phenolic OH excluding ortho intramolecular Hbond substituents is 1. The van der Waals surface area contributed by atoms with Crippen LogP contribution in [0.3, 0.4) is 0 Å². The summed E-state index contributed by atoms with van der Waals surface area (Å²) in [6.07, 6.45) is 0.828. The van der Waals surface area contributed by atoms with Crippen LogP contribution < -0.4 is 21.7 Å². The predicted molar refractivity (Wildman–Crippen MR) is 123 cm³/mol. The number of aldehydes is 1. The molecular formula is C24H28N4O6. The number of carbonyl (C=O) groups is 5. The Morgan fingerprint density at radius 2 is 1.44 bits per heavy atom. The quantitative estimate of drug-likeness (QED) is 0.254. The number of nitrogens with one attached hydrogen (secondary N) is 3. The first-order chi connectivity index (χ1) is 16.3. The zero-order valence-electron chi connectivity index (χ0n) is 18.5. The third kappa shape index (κ3) is 9.11. The Kier molecular flexibility index (Phi) is 10.2. The summed E-state index contributed by atoms with van der Waals surface area (Å²) >= 11 is 0. The van der Waals surface area contributed by atoms with Gasteiger partial charge < -0.3 is 31.6 Å². The molecule has 0 spiro atoms. The highest BCUT2D eigenvalue weighted by Gasteiger charge is 2.23. The second-order valence-electron chi connectivity index (χ2n) is 7.63. The first-order valence-electron chi connectivity index (χ1n) is 10.7. The number of hydrogen-bond donors (Lipinski definition) is 5. The van der Waals surface area contributed by atoms with Gasteiger partial charge in [0, 0.05) is 25.7 Å². The van der Waals surface area contributed by atoms with E-state index in [1.165, 1.54) is 12.1 Å². The third-order valence-electron chi connectivity index (χ3n) is 4.90. The van der Waals surface area contributed by atoms with Gasteiger partial charge in [-0.25, -0.2) is 0 Å². The summed E-state index contributed by atoms with van der Waals surface area (Å²) in [4.78, 5) is 59.4. The summed E-state index contributed by atoms with van der Waals surface area (Å²) in [5.41, 5.74) is 6.87. The summed E-state index contributed by atoms with van der Waals surface area (Å²) in [7, 11) is 0. The molecular weight excluding hydrogens is 440 g/mol. The third-order valence-corrected chi connectivity index (χ3v) is 4.90. The van der Waals surface area contributed by atoms with E-state index in [0.717, 1.165) is 5.56 Å². The number of aromatic hydroxyl groups is 1. The molecule has 180 valence electrons. The highest BCUT2D eigenvalue weighted by Crippen LogP contribution is 2.11. The van der Waals surface area contributed by atoms with Gasteiger partial charge in [0.1, 0.15) is 24.1 Å². The lowest BCUT2D eigenvalue weighted by molar-refractivity contribution is -0.131. The van der Waals surface area contributed by atoms with E-state index in [0.29, 0.717) is 11.8 Å². The molecule has 2 aromatic carbocycles. The molecule has 0 saturated heterocycles. The highest BCUT2D eigenvalue weighted by atomic mass is 16.3. The van der Waals surface area contributed by atoms with Crippen molar-refractivity contribution in [1.29, 1.82) is 0 Å². The lowest BCUT2D eigenvalue weighted by Crippen LogP contribution is -2.52. The smallest absolute Gasteiger partial charge is 0.243 e. The van der Waals surface area contributed by atoms with Crippen LogP contribution in [0.25, 0.3) is 0 Å². The van der Waals surface area contributed by atoms with Gasteiger partial charge in [0.05, 0.1) is 6.54 Å². The maximum atomic E-state index is 12.7. The highest BCUT2D eigenvalue weighted by molar-refractivity contribution is 5.92. The van der Waals surface area contributed by atoms with Crippen LogP contribution in [0.2, 0.25) is 0 Å². The molecule has 2 rings (SSSR count). The van der Waals surface area contributed by atoms with Gasteiger partial charge in [-0.3, -0.25) is 19.2 Å². The largest absolute Gasteiger partial charge is 0.508 e. The van der Waals surface area contributed by atoms with E-state index in [-0.39, 0.29) is 31.4 Å². The number of amides is 4. The molecule has 0 aromatic heterocycles. The zero-order chi connectivity index (χ0) is 24.9. The van der Waals surface area contributed by atoms with Gasteiger partial charge in [-0.2, -0.15) is 0 Å². The number of primary amides is 1. The number of phenols is 1. The minimum atomic E-state index is -1.02. The number of hydrogen-bond acceptors (Lipinski definition) is 6. The molecule has 0 heterocycles. The molecule has 2 aromatic rings. The van der Waals surface area contributed by atoms with Crippen LogP contribution in [-0.2, 0) is 36.8 Å². The molecule has 10 nitrogen and oxygen atoms in total. The van der Waals surface area contributed by atoms with E-state index in [9.17, 15) is 29.1 Å². The van der Waals surface area contributed by atoms with Gasteiger partial charge in [-0.05, 0) is 23.3 Å². The first-order valence-corrected chi connectivity index (χ1v) is 10.7. The van der Waals surface area contributed by atoms with Crippen LogP contribution in [0.1, 0.15) is 24.0 Å². The fourth-order valence-corrected chi connectivity index (χ4v) is 3.14. The van der Waals surface area contributed by atoms with E-state index in [2.05, 4.69) is 16.0 Å². The van der Waals surface area contributed by atoms with Crippen molar-refractivity contribution in [3.8, 4) is 5.75 Å². The van der Waals surface area contributed by atoms with Crippen molar-refractivity contribution in [3.63, 3.8) is 0 Å². The van der Waals surface area contributed by atoms with Crippen LogP contribution in [0, 0.1) is 0 Å². The van der Waals surface area contributed by atoms with Gasteiger partial charge in [0.25, 0.3) is 0 Å². The van der Waals surface area contributed by atoms with E-state index >= 15 is 0 Å². The average molecular weight is 469 g/mol. The number of benzene rings is 2. The fourth-order valence-electron chi connectivity index (χ4n) is 3.14. The Bertz CT molecular complexity index is 994. The molecule has 34 heavy (non-hydrogen) atoms. The standard InChI is InChI=1S/C24H28N4O6/c25-23(33)19(13-16-5-2-1-3-6-16)27-22(32)15-26-24(34)20(28-21(31)7-4-12-29)14-17-8-10-18(30)11-9-17/h1-3,5-6,8-12,19-20,30H,4,7,13-15H2,(H2,25,33)(H,26,34)(H,27,32)(H,28,31)/t19?,20-/m0/s1. The van der Waals surface area contributed by atoms with Gasteiger partial charge in [-0.1, -0.05) is 42.5 Å². The van der Waals surface area contributed by atoms with Crippen LogP contribution in [0.5, 0.6) is 5.75 Å². The Hall–Kier alpha value is -4.21. The Morgan fingerprint density at radius 3 is 2.06 bits per heavy atom. The zero-order valence-corrected chi connectivity index (χ0v) is 18.5. The predicted octanol–water partition coefficient (Wildman–Crippen LogP) is -0.272. The Balaban J connectivity index is 1.97. The molecule has 0 aliphatic carbocycles. The second kappa shape index (κ2) is 13.4. The summed E-state index contributed by atoms with van der Waals surface area (Å²) in [6, 6.07) is 13.1. The van der Waals surface area contributed by atoms with Crippen molar-refractivity contribution in [2.24, 2.45) is 5.73 Å². The van der Waals surface area contributed by atoms with Crippen LogP contribution in [0.4, 0.5) is 0 Å². The van der Waals surface area contributed by atoms with Crippen LogP contribution in [0.15, 0.2) is 54.6 Å². The van der Waals surface area contributed by atoms with Crippen molar-refractivity contribution in [2.75, 3.05) is 6.54 Å². The van der Waals surface area contributed by atoms with Crippen molar-refractivity contribution in [2.45, 2.75) is 37.8 Å². The molecule has 0 radical (unpaired) electrons. The summed E-state index contributed by atoms with van der Waals surface area (Å²) in [6.45, 7) is -0.437. The monoisotopic (exact) mass is 468 g/mol. The molecule has 2 atom stereocenters. The molecule has 0 aliphatic rings. The van der Waals surface area contributed by atoms with E-state index in [1.807, 2.05) is 6.07 Å². The maximum absolute atomic E-state index is 12.7. The number of rotatable bonds is 13. The maximum Gasteiger partial charge on any atom is 0.243 e. The van der Waals surface area contributed by atoms with E-state index < -0.39 is 42.3 Å². The molecule has 6 N–H and O–H groups in total. The number of nitrogens with two attached hydrogens (primary N) is 1. The summed E-state index contributed by atoms with van der Waals surface area (Å²) in [5, 5.41) is 16.9. The van der Waals surface area contributed by atoms with Gasteiger partial charge in [0.15, 0.2) is 0 Å². The topological polar surface area (TPSA) is 168 Å². The van der Waals surface area contributed by atoms with Crippen molar-refractivity contribution < 1.29 is 29.1 Å². The molecule has 0 saturated carbocycles. The SMILES string of the molecule is NC(=O)C(Cc1ccccc1)NC(=O)CNC(=O)[C@H](Cc1ccc(O)cc1)NC(=O)CCC=O. The normalized spacial score (nSPS) is 12.1. The van der Waals surface area contributed by atoms with E-state index in [4.69, 9.17) is 5.73 Å². The van der Waals surface area contributed by atoms with Crippen LogP contribution in [-0.4, -0.2) is 53.6 Å². The summed E-state index contributed by atoms with van der Waals surface area (Å²) < 4.78 is 0. The fraction of sp³-hybridized carbons (Fsp3) is 0.292. The molecule has 1 unspecified atom stereocenters. The van der Waals surface area contributed by atoms with Crippen molar-refractivity contribution >= 4 is 29.9 Å².